The first-order chi connectivity index (χ1) is 10.6. The highest BCUT2D eigenvalue weighted by Gasteiger charge is 2.25. The summed E-state index contributed by atoms with van der Waals surface area (Å²) in [5.41, 5.74) is -1.13. The molecule has 0 amide bonds. The van der Waals surface area contributed by atoms with Crippen LogP contribution in [0.4, 0.5) is 0 Å². The van der Waals surface area contributed by atoms with E-state index in [9.17, 15) is 5.11 Å². The number of furan rings is 1. The Morgan fingerprint density at radius 3 is 2.95 bits per heavy atom. The molecule has 0 spiro atoms. The summed E-state index contributed by atoms with van der Waals surface area (Å²) in [6.45, 7) is 6.06. The first-order valence-electron chi connectivity index (χ1n) is 7.38. The highest BCUT2D eigenvalue weighted by atomic mass is 16.4. The zero-order chi connectivity index (χ0) is 15.8. The van der Waals surface area contributed by atoms with E-state index in [2.05, 4.69) is 20.7 Å². The normalized spacial score (nSPS) is 14.6. The standard InChI is InChI=1S/C15H23N5O2/c1-3-16-14(17-8-10-20-9-5-7-19-20)18-12-15(2,21)13-6-4-11-22-13/h4-7,9,11,21H,3,8,10,12H2,1-2H3,(H2,16,17,18). The van der Waals surface area contributed by atoms with Gasteiger partial charge in [0.1, 0.15) is 11.4 Å². The molecular formula is C15H23N5O2. The lowest BCUT2D eigenvalue weighted by Crippen LogP contribution is -2.40. The van der Waals surface area contributed by atoms with Crippen LogP contribution in [0.25, 0.3) is 0 Å². The van der Waals surface area contributed by atoms with Gasteiger partial charge in [0, 0.05) is 25.5 Å². The zero-order valence-electron chi connectivity index (χ0n) is 13.0. The van der Waals surface area contributed by atoms with Gasteiger partial charge in [0.05, 0.1) is 19.4 Å². The molecule has 2 aromatic heterocycles. The fourth-order valence-electron chi connectivity index (χ4n) is 1.96. The van der Waals surface area contributed by atoms with Crippen LogP contribution in [0.3, 0.4) is 0 Å². The van der Waals surface area contributed by atoms with Gasteiger partial charge < -0.3 is 20.2 Å². The number of hydrogen-bond donors (Lipinski definition) is 3. The van der Waals surface area contributed by atoms with Crippen molar-refractivity contribution in [1.29, 1.82) is 0 Å². The van der Waals surface area contributed by atoms with Crippen molar-refractivity contribution in [2.75, 3.05) is 19.6 Å². The molecule has 7 heteroatoms. The Morgan fingerprint density at radius 1 is 1.45 bits per heavy atom. The first-order valence-corrected chi connectivity index (χ1v) is 7.38. The van der Waals surface area contributed by atoms with Gasteiger partial charge in [-0.15, -0.1) is 0 Å². The summed E-state index contributed by atoms with van der Waals surface area (Å²) in [6, 6.07) is 5.38. The summed E-state index contributed by atoms with van der Waals surface area (Å²) in [5, 5.41) is 20.9. The molecule has 0 aromatic carbocycles. The number of aliphatic hydroxyl groups is 1. The van der Waals surface area contributed by atoms with Gasteiger partial charge in [0.15, 0.2) is 5.96 Å². The van der Waals surface area contributed by atoms with Crippen molar-refractivity contribution in [3.05, 3.63) is 42.6 Å². The fourth-order valence-corrected chi connectivity index (χ4v) is 1.96. The molecule has 3 N–H and O–H groups in total. The predicted molar refractivity (Wildman–Crippen MR) is 84.5 cm³/mol. The van der Waals surface area contributed by atoms with Crippen molar-refractivity contribution in [1.82, 2.24) is 20.4 Å². The molecular weight excluding hydrogens is 282 g/mol. The van der Waals surface area contributed by atoms with Crippen LogP contribution in [0.5, 0.6) is 0 Å². The molecule has 0 fully saturated rings. The van der Waals surface area contributed by atoms with E-state index in [1.54, 1.807) is 31.5 Å². The molecule has 0 aliphatic heterocycles. The van der Waals surface area contributed by atoms with Gasteiger partial charge in [0.2, 0.25) is 0 Å². The number of hydrogen-bond acceptors (Lipinski definition) is 4. The Bertz CT molecular complexity index is 561. The number of aliphatic imine (C=N–C) groups is 1. The lowest BCUT2D eigenvalue weighted by Gasteiger charge is -2.19. The molecule has 1 atom stereocenters. The van der Waals surface area contributed by atoms with Crippen LogP contribution < -0.4 is 10.6 Å². The summed E-state index contributed by atoms with van der Waals surface area (Å²) in [4.78, 5) is 4.41. The maximum atomic E-state index is 10.4. The van der Waals surface area contributed by atoms with E-state index in [0.717, 1.165) is 13.1 Å². The van der Waals surface area contributed by atoms with Gasteiger partial charge in [-0.1, -0.05) is 0 Å². The minimum absolute atomic E-state index is 0.206. The maximum absolute atomic E-state index is 10.4. The molecule has 2 heterocycles. The van der Waals surface area contributed by atoms with Gasteiger partial charge in [-0.2, -0.15) is 5.10 Å². The summed E-state index contributed by atoms with van der Waals surface area (Å²) < 4.78 is 7.09. The van der Waals surface area contributed by atoms with Crippen molar-refractivity contribution in [2.24, 2.45) is 4.99 Å². The van der Waals surface area contributed by atoms with E-state index in [1.165, 1.54) is 0 Å². The predicted octanol–water partition coefficient (Wildman–Crippen LogP) is 0.939. The Morgan fingerprint density at radius 2 is 2.32 bits per heavy atom. The second-order valence-corrected chi connectivity index (χ2v) is 5.14. The van der Waals surface area contributed by atoms with Crippen LogP contribution >= 0.6 is 0 Å². The van der Waals surface area contributed by atoms with Crippen LogP contribution in [0.2, 0.25) is 0 Å². The quantitative estimate of drug-likeness (QED) is 0.523. The van der Waals surface area contributed by atoms with E-state index in [-0.39, 0.29) is 6.54 Å². The minimum atomic E-state index is -1.13. The third-order valence-electron chi connectivity index (χ3n) is 3.13. The van der Waals surface area contributed by atoms with E-state index in [0.29, 0.717) is 18.3 Å². The van der Waals surface area contributed by atoms with Gasteiger partial charge in [0.25, 0.3) is 0 Å². The number of guanidine groups is 1. The van der Waals surface area contributed by atoms with E-state index < -0.39 is 5.60 Å². The zero-order valence-corrected chi connectivity index (χ0v) is 13.0. The topological polar surface area (TPSA) is 87.6 Å². The second-order valence-electron chi connectivity index (χ2n) is 5.14. The van der Waals surface area contributed by atoms with Crippen molar-refractivity contribution >= 4 is 5.96 Å². The average Bonchev–Trinajstić information content (AvgIpc) is 3.18. The molecule has 0 saturated heterocycles. The Kier molecular flexibility index (Phi) is 5.60. The lowest BCUT2D eigenvalue weighted by atomic mass is 10.0. The number of aromatic nitrogens is 2. The molecule has 1 unspecified atom stereocenters. The largest absolute Gasteiger partial charge is 0.466 e. The number of nitrogens with zero attached hydrogens (tertiary/aromatic N) is 3. The summed E-state index contributed by atoms with van der Waals surface area (Å²) in [5.74, 6) is 1.16. The monoisotopic (exact) mass is 305 g/mol. The smallest absolute Gasteiger partial charge is 0.191 e. The first kappa shape index (κ1) is 16.1. The second kappa shape index (κ2) is 7.65. The molecule has 0 aliphatic rings. The molecule has 7 nitrogen and oxygen atoms in total. The SMILES string of the molecule is CCNC(=NCC(C)(O)c1ccco1)NCCn1cccn1. The molecule has 2 rings (SSSR count). The third kappa shape index (κ3) is 4.63. The average molecular weight is 305 g/mol. The van der Waals surface area contributed by atoms with E-state index >= 15 is 0 Å². The van der Waals surface area contributed by atoms with Crippen molar-refractivity contribution in [2.45, 2.75) is 26.0 Å². The van der Waals surface area contributed by atoms with Gasteiger partial charge in [-0.05, 0) is 32.0 Å². The number of rotatable bonds is 7. The molecule has 22 heavy (non-hydrogen) atoms. The van der Waals surface area contributed by atoms with Crippen molar-refractivity contribution in [3.63, 3.8) is 0 Å². The molecule has 0 radical (unpaired) electrons. The summed E-state index contributed by atoms with van der Waals surface area (Å²) in [6.07, 6.45) is 5.20. The Labute approximate surface area is 130 Å². The van der Waals surface area contributed by atoms with Crippen LogP contribution in [0.1, 0.15) is 19.6 Å². The molecule has 120 valence electrons. The summed E-state index contributed by atoms with van der Waals surface area (Å²) >= 11 is 0. The minimum Gasteiger partial charge on any atom is -0.466 e. The van der Waals surface area contributed by atoms with Crippen LogP contribution in [0.15, 0.2) is 46.3 Å². The van der Waals surface area contributed by atoms with Gasteiger partial charge in [-0.25, -0.2) is 4.99 Å². The highest BCUT2D eigenvalue weighted by Crippen LogP contribution is 2.20. The van der Waals surface area contributed by atoms with Crippen molar-refractivity contribution < 1.29 is 9.52 Å². The van der Waals surface area contributed by atoms with Crippen LogP contribution in [-0.2, 0) is 12.1 Å². The van der Waals surface area contributed by atoms with Gasteiger partial charge >= 0.3 is 0 Å². The molecule has 0 aliphatic carbocycles. The Balaban J connectivity index is 1.89. The van der Waals surface area contributed by atoms with Crippen molar-refractivity contribution in [3.8, 4) is 0 Å². The molecule has 0 bridgehead atoms. The van der Waals surface area contributed by atoms with Crippen LogP contribution in [0, 0.1) is 0 Å². The molecule has 0 saturated carbocycles. The van der Waals surface area contributed by atoms with Gasteiger partial charge in [-0.3, -0.25) is 4.68 Å². The Hall–Kier alpha value is -2.28. The maximum Gasteiger partial charge on any atom is 0.191 e. The summed E-state index contributed by atoms with van der Waals surface area (Å²) in [7, 11) is 0. The fraction of sp³-hybridized carbons (Fsp3) is 0.467. The van der Waals surface area contributed by atoms with E-state index in [4.69, 9.17) is 4.42 Å². The highest BCUT2D eigenvalue weighted by molar-refractivity contribution is 5.79. The van der Waals surface area contributed by atoms with Crippen LogP contribution in [-0.4, -0.2) is 40.5 Å². The third-order valence-corrected chi connectivity index (χ3v) is 3.13. The lowest BCUT2D eigenvalue weighted by molar-refractivity contribution is 0.0437. The van der Waals surface area contributed by atoms with E-state index in [1.807, 2.05) is 23.9 Å². The number of nitrogens with one attached hydrogen (secondary N) is 2. The molecule has 2 aromatic rings.